The monoisotopic (exact) mass is 448 g/mol. The number of nitrogens with one attached hydrogen (secondary N) is 1. The minimum absolute atomic E-state index is 0.0917. The number of hydrogen-bond donors (Lipinski definition) is 1. The molecule has 1 aliphatic rings. The fourth-order valence-electron chi connectivity index (χ4n) is 3.34. The van der Waals surface area contributed by atoms with Crippen molar-refractivity contribution in [2.24, 2.45) is 0 Å². The molecule has 0 bridgehead atoms. The van der Waals surface area contributed by atoms with Crippen LogP contribution in [0.2, 0.25) is 0 Å². The molecule has 1 amide bonds. The number of likely N-dealkylation sites (tertiary alicyclic amines) is 1. The minimum Gasteiger partial charge on any atom is -0.492 e. The molecule has 1 N–H and O–H groups in total. The molecule has 0 aliphatic carbocycles. The third kappa shape index (κ3) is 5.36. The first-order valence-electron chi connectivity index (χ1n) is 9.99. The summed E-state index contributed by atoms with van der Waals surface area (Å²) < 4.78 is 33.7. The number of hydrogen-bond acceptors (Lipinski definition) is 5. The summed E-state index contributed by atoms with van der Waals surface area (Å²) in [5, 5.41) is 0. The molecule has 6 nitrogen and oxygen atoms in total. The average Bonchev–Trinajstić information content (AvgIpc) is 3.27. The van der Waals surface area contributed by atoms with Crippen molar-refractivity contribution >= 4 is 27.7 Å². The van der Waals surface area contributed by atoms with Gasteiger partial charge in [0.1, 0.15) is 12.4 Å². The molecular formula is C22H28N2O4S2. The van der Waals surface area contributed by atoms with E-state index in [0.29, 0.717) is 11.3 Å². The van der Waals surface area contributed by atoms with Crippen LogP contribution in [-0.2, 0) is 10.0 Å². The van der Waals surface area contributed by atoms with Crippen molar-refractivity contribution < 1.29 is 17.9 Å². The first kappa shape index (κ1) is 22.7. The Bertz CT molecular complexity index is 1020. The molecule has 0 atom stereocenters. The van der Waals surface area contributed by atoms with Crippen LogP contribution in [0.5, 0.6) is 5.75 Å². The van der Waals surface area contributed by atoms with Crippen LogP contribution in [0.15, 0.2) is 46.2 Å². The van der Waals surface area contributed by atoms with Gasteiger partial charge >= 0.3 is 0 Å². The van der Waals surface area contributed by atoms with Gasteiger partial charge < -0.3 is 9.64 Å². The van der Waals surface area contributed by atoms with Gasteiger partial charge in [0.25, 0.3) is 5.91 Å². The molecule has 30 heavy (non-hydrogen) atoms. The van der Waals surface area contributed by atoms with Gasteiger partial charge in [0.05, 0.1) is 10.5 Å². The molecule has 2 aromatic carbocycles. The number of carbonyl (C=O) groups excluding carboxylic acids is 1. The van der Waals surface area contributed by atoms with Gasteiger partial charge in [-0.1, -0.05) is 6.07 Å². The van der Waals surface area contributed by atoms with Crippen molar-refractivity contribution in [3.63, 3.8) is 0 Å². The molecule has 2 aromatic rings. The van der Waals surface area contributed by atoms with Crippen molar-refractivity contribution in [1.29, 1.82) is 0 Å². The lowest BCUT2D eigenvalue weighted by Gasteiger charge is -2.18. The van der Waals surface area contributed by atoms with E-state index in [1.165, 1.54) is 23.4 Å². The maximum Gasteiger partial charge on any atom is 0.255 e. The van der Waals surface area contributed by atoms with Crippen molar-refractivity contribution in [2.45, 2.75) is 36.5 Å². The Kier molecular flexibility index (Phi) is 7.44. The fourth-order valence-corrected chi connectivity index (χ4v) is 4.95. The van der Waals surface area contributed by atoms with E-state index >= 15 is 0 Å². The van der Waals surface area contributed by atoms with E-state index in [9.17, 15) is 13.2 Å². The number of carbonyl (C=O) groups is 1. The summed E-state index contributed by atoms with van der Waals surface area (Å²) in [4.78, 5) is 15.5. The molecule has 1 aliphatic heterocycles. The van der Waals surface area contributed by atoms with Crippen molar-refractivity contribution in [1.82, 2.24) is 9.62 Å². The predicted molar refractivity (Wildman–Crippen MR) is 120 cm³/mol. The normalized spacial score (nSPS) is 14.2. The Morgan fingerprint density at radius 3 is 2.50 bits per heavy atom. The summed E-state index contributed by atoms with van der Waals surface area (Å²) >= 11 is 1.44. The summed E-state index contributed by atoms with van der Waals surface area (Å²) in [6.45, 7) is 5.82. The Balaban J connectivity index is 1.66. The lowest BCUT2D eigenvalue weighted by molar-refractivity contribution is 0.0789. The smallest absolute Gasteiger partial charge is 0.255 e. The van der Waals surface area contributed by atoms with Crippen molar-refractivity contribution in [3.05, 3.63) is 53.1 Å². The first-order chi connectivity index (χ1) is 14.3. The van der Waals surface area contributed by atoms with E-state index in [1.807, 2.05) is 38.3 Å². The van der Waals surface area contributed by atoms with Gasteiger partial charge in [-0.05, 0) is 74.4 Å². The second kappa shape index (κ2) is 9.85. The standard InChI is InChI=1S/C22H28N2O4S2/c1-16-6-7-18(14-17(16)2)28-13-10-23-30(26,27)19-8-9-21(29-3)20(15-19)22(25)24-11-4-5-12-24/h6-9,14-15,23H,4-5,10-13H2,1-3H3. The van der Waals surface area contributed by atoms with Gasteiger partial charge in [-0.3, -0.25) is 4.79 Å². The molecule has 1 fully saturated rings. The summed E-state index contributed by atoms with van der Waals surface area (Å²) in [6.07, 6.45) is 3.85. The molecule has 1 saturated heterocycles. The highest BCUT2D eigenvalue weighted by Gasteiger charge is 2.24. The molecule has 0 saturated carbocycles. The predicted octanol–water partition coefficient (Wildman–Crippen LogP) is 3.62. The molecule has 0 aromatic heterocycles. The number of amides is 1. The van der Waals surface area contributed by atoms with Crippen LogP contribution in [0, 0.1) is 13.8 Å². The molecule has 8 heteroatoms. The number of ether oxygens (including phenoxy) is 1. The van der Waals surface area contributed by atoms with E-state index in [4.69, 9.17) is 4.74 Å². The number of sulfonamides is 1. The molecule has 1 heterocycles. The Morgan fingerprint density at radius 2 is 1.83 bits per heavy atom. The summed E-state index contributed by atoms with van der Waals surface area (Å²) in [5.41, 5.74) is 2.74. The average molecular weight is 449 g/mol. The second-order valence-corrected chi connectivity index (χ2v) is 9.97. The highest BCUT2D eigenvalue weighted by Crippen LogP contribution is 2.26. The maximum absolute atomic E-state index is 12.9. The zero-order valence-corrected chi connectivity index (χ0v) is 19.2. The van der Waals surface area contributed by atoms with Gasteiger partial charge in [0.2, 0.25) is 10.0 Å². The van der Waals surface area contributed by atoms with Crippen LogP contribution in [0.4, 0.5) is 0 Å². The quantitative estimate of drug-likeness (QED) is 0.493. The highest BCUT2D eigenvalue weighted by atomic mass is 32.2. The van der Waals surface area contributed by atoms with Crippen LogP contribution in [0.25, 0.3) is 0 Å². The Hall–Kier alpha value is -2.03. The van der Waals surface area contributed by atoms with Crippen LogP contribution < -0.4 is 9.46 Å². The zero-order chi connectivity index (χ0) is 21.7. The van der Waals surface area contributed by atoms with Crippen LogP contribution >= 0.6 is 11.8 Å². The summed E-state index contributed by atoms with van der Waals surface area (Å²) in [6, 6.07) is 10.5. The Labute approximate surface area is 183 Å². The molecule has 0 spiro atoms. The number of rotatable bonds is 8. The van der Waals surface area contributed by atoms with E-state index in [-0.39, 0.29) is 24.0 Å². The third-order valence-electron chi connectivity index (χ3n) is 5.25. The van der Waals surface area contributed by atoms with E-state index < -0.39 is 10.0 Å². The molecule has 3 rings (SSSR count). The van der Waals surface area contributed by atoms with Gasteiger partial charge in [-0.25, -0.2) is 13.1 Å². The second-order valence-electron chi connectivity index (χ2n) is 7.35. The van der Waals surface area contributed by atoms with E-state index in [2.05, 4.69) is 4.72 Å². The minimum atomic E-state index is -3.74. The lowest BCUT2D eigenvalue weighted by Crippen LogP contribution is -2.30. The Morgan fingerprint density at radius 1 is 1.10 bits per heavy atom. The fraction of sp³-hybridized carbons (Fsp3) is 0.409. The molecular weight excluding hydrogens is 420 g/mol. The van der Waals surface area contributed by atoms with Crippen LogP contribution in [0.3, 0.4) is 0 Å². The SMILES string of the molecule is CSc1ccc(S(=O)(=O)NCCOc2ccc(C)c(C)c2)cc1C(=O)N1CCCC1. The lowest BCUT2D eigenvalue weighted by atomic mass is 10.1. The molecule has 0 radical (unpaired) electrons. The number of aryl methyl sites for hydroxylation is 2. The molecule has 162 valence electrons. The van der Waals surface area contributed by atoms with Gasteiger partial charge in [0, 0.05) is 24.5 Å². The summed E-state index contributed by atoms with van der Waals surface area (Å²) in [5.74, 6) is 0.604. The van der Waals surface area contributed by atoms with Crippen molar-refractivity contribution in [3.8, 4) is 5.75 Å². The first-order valence-corrected chi connectivity index (χ1v) is 12.7. The third-order valence-corrected chi connectivity index (χ3v) is 7.50. The molecule has 0 unspecified atom stereocenters. The van der Waals surface area contributed by atoms with Gasteiger partial charge in [-0.2, -0.15) is 0 Å². The largest absolute Gasteiger partial charge is 0.492 e. The number of nitrogens with zero attached hydrogens (tertiary/aromatic N) is 1. The maximum atomic E-state index is 12.9. The number of thioether (sulfide) groups is 1. The highest BCUT2D eigenvalue weighted by molar-refractivity contribution is 7.98. The topological polar surface area (TPSA) is 75.7 Å². The van der Waals surface area contributed by atoms with Crippen molar-refractivity contribution in [2.75, 3.05) is 32.5 Å². The van der Waals surface area contributed by atoms with Gasteiger partial charge in [-0.15, -0.1) is 11.8 Å². The van der Waals surface area contributed by atoms with E-state index in [1.54, 1.807) is 17.0 Å². The number of benzene rings is 2. The van der Waals surface area contributed by atoms with Crippen LogP contribution in [-0.4, -0.2) is 51.7 Å². The zero-order valence-electron chi connectivity index (χ0n) is 17.6. The summed E-state index contributed by atoms with van der Waals surface area (Å²) in [7, 11) is -3.74. The van der Waals surface area contributed by atoms with Gasteiger partial charge in [0.15, 0.2) is 0 Å². The van der Waals surface area contributed by atoms with E-state index in [0.717, 1.165) is 36.4 Å². The van der Waals surface area contributed by atoms with Crippen LogP contribution in [0.1, 0.15) is 34.3 Å².